The summed E-state index contributed by atoms with van der Waals surface area (Å²) in [5.41, 5.74) is 23.5. The fourth-order valence-corrected chi connectivity index (χ4v) is 10.6. The highest BCUT2D eigenvalue weighted by Gasteiger charge is 2.30. The van der Waals surface area contributed by atoms with E-state index >= 15 is 0 Å². The molecule has 3 nitrogen and oxygen atoms in total. The van der Waals surface area contributed by atoms with Crippen molar-refractivity contribution in [2.45, 2.75) is 48.5 Å². The van der Waals surface area contributed by atoms with Crippen molar-refractivity contribution in [3.8, 4) is 5.69 Å². The van der Waals surface area contributed by atoms with Gasteiger partial charge in [-0.3, -0.25) is 0 Å². The second-order valence-electron chi connectivity index (χ2n) is 17.9. The van der Waals surface area contributed by atoms with Crippen LogP contribution in [0.25, 0.3) is 27.5 Å². The maximum atomic E-state index is 2.47. The highest BCUT2D eigenvalue weighted by Crippen LogP contribution is 2.42. The van der Waals surface area contributed by atoms with E-state index in [0.29, 0.717) is 0 Å². The molecule has 0 saturated heterocycles. The number of benzene rings is 9. The Balaban J connectivity index is 1.21. The molecule has 0 N–H and O–H groups in total. The Morgan fingerprint density at radius 2 is 0.677 bits per heavy atom. The third kappa shape index (κ3) is 7.70. The number of nitrogens with zero attached hydrogens (tertiary/aromatic N) is 3. The normalized spacial score (nSPS) is 11.3. The third-order valence-electron chi connectivity index (χ3n) is 13.2. The average Bonchev–Trinajstić information content (AvgIpc) is 3.63. The lowest BCUT2D eigenvalue weighted by Gasteiger charge is -2.26. The molecule has 0 aliphatic carbocycles. The van der Waals surface area contributed by atoms with E-state index in [0.717, 1.165) is 50.8 Å². The first-order chi connectivity index (χ1) is 31.6. The minimum Gasteiger partial charge on any atom is -0.310 e. The van der Waals surface area contributed by atoms with Crippen molar-refractivity contribution in [1.82, 2.24) is 4.57 Å². The second-order valence-corrected chi connectivity index (χ2v) is 17.9. The predicted molar refractivity (Wildman–Crippen MR) is 281 cm³/mol. The van der Waals surface area contributed by atoms with Crippen LogP contribution < -0.4 is 26.2 Å². The average molecular weight is 840 g/mol. The van der Waals surface area contributed by atoms with Gasteiger partial charge in [-0.2, -0.15) is 0 Å². The molecule has 0 bridgehead atoms. The lowest BCUT2D eigenvalue weighted by Crippen LogP contribution is -2.56. The highest BCUT2D eigenvalue weighted by atomic mass is 15.1. The zero-order valence-corrected chi connectivity index (χ0v) is 38.5. The van der Waals surface area contributed by atoms with E-state index < -0.39 is 0 Å². The van der Waals surface area contributed by atoms with Crippen LogP contribution in [0.4, 0.5) is 34.1 Å². The molecule has 10 aromatic rings. The Bertz CT molecular complexity index is 3010. The Labute approximate surface area is 385 Å². The van der Waals surface area contributed by atoms with Gasteiger partial charge in [-0.15, -0.1) is 0 Å². The number of hydrogen-bond donors (Lipinski definition) is 0. The molecule has 0 radical (unpaired) electrons. The summed E-state index contributed by atoms with van der Waals surface area (Å²) in [6.45, 7) is 16.0. The van der Waals surface area contributed by atoms with Crippen LogP contribution >= 0.6 is 0 Å². The van der Waals surface area contributed by atoms with Gasteiger partial charge in [0.25, 0.3) is 0 Å². The van der Waals surface area contributed by atoms with Crippen molar-refractivity contribution in [2.24, 2.45) is 0 Å². The van der Waals surface area contributed by atoms with Gasteiger partial charge in [0.05, 0.1) is 11.0 Å². The maximum absolute atomic E-state index is 2.47. The quantitative estimate of drug-likeness (QED) is 0.127. The van der Waals surface area contributed by atoms with E-state index in [1.54, 1.807) is 0 Å². The topological polar surface area (TPSA) is 11.4 Å². The SMILES string of the molecule is Cc1cc(C)c(B(c2ccc(-n3c4ccc(N(c5ccccc5)c5ccccc5)cc4c4cc(N(c5ccccc5)c5ccccc5)ccc43)cc2C)c2c(C)cc(C)cc2C)c(C)c1. The van der Waals surface area contributed by atoms with Gasteiger partial charge in [0.2, 0.25) is 6.71 Å². The summed E-state index contributed by atoms with van der Waals surface area (Å²) in [4.78, 5) is 4.71. The molecule has 0 spiro atoms. The number of fused-ring (bicyclic) bond motifs is 3. The van der Waals surface area contributed by atoms with Crippen molar-refractivity contribution in [2.75, 3.05) is 9.80 Å². The van der Waals surface area contributed by atoms with Gasteiger partial charge in [-0.05, 0) is 146 Å². The first-order valence-corrected chi connectivity index (χ1v) is 22.8. The second kappa shape index (κ2) is 17.2. The Kier molecular flexibility index (Phi) is 11.0. The predicted octanol–water partition coefficient (Wildman–Crippen LogP) is 14.4. The van der Waals surface area contributed by atoms with E-state index in [2.05, 4.69) is 263 Å². The molecule has 4 heteroatoms. The maximum Gasteiger partial charge on any atom is 0.242 e. The van der Waals surface area contributed by atoms with Gasteiger partial charge in [0, 0.05) is 50.6 Å². The summed E-state index contributed by atoms with van der Waals surface area (Å²) in [6, 6.07) is 73.3. The minimum atomic E-state index is 0.0948. The van der Waals surface area contributed by atoms with Crippen LogP contribution in [0.1, 0.15) is 38.9 Å². The Hall–Kier alpha value is -7.56. The van der Waals surface area contributed by atoms with Gasteiger partial charge in [0.1, 0.15) is 0 Å². The van der Waals surface area contributed by atoms with Gasteiger partial charge in [-0.25, -0.2) is 0 Å². The lowest BCUT2D eigenvalue weighted by molar-refractivity contribution is 1.17. The Morgan fingerprint density at radius 1 is 0.323 bits per heavy atom. The summed E-state index contributed by atoms with van der Waals surface area (Å²) in [6.07, 6.45) is 0. The van der Waals surface area contributed by atoms with Crippen LogP contribution in [0.2, 0.25) is 0 Å². The van der Waals surface area contributed by atoms with E-state index in [1.165, 1.54) is 66.1 Å². The van der Waals surface area contributed by atoms with Crippen LogP contribution in [0.15, 0.2) is 200 Å². The van der Waals surface area contributed by atoms with Gasteiger partial charge >= 0.3 is 0 Å². The molecule has 9 aromatic carbocycles. The first-order valence-electron chi connectivity index (χ1n) is 22.8. The molecular formula is C61H54BN3. The molecule has 0 fully saturated rings. The molecule has 1 aromatic heterocycles. The zero-order valence-electron chi connectivity index (χ0n) is 38.5. The number of rotatable bonds is 10. The molecule has 1 heterocycles. The van der Waals surface area contributed by atoms with Gasteiger partial charge in [-0.1, -0.05) is 158 Å². The summed E-state index contributed by atoms with van der Waals surface area (Å²) >= 11 is 0. The minimum absolute atomic E-state index is 0.0948. The Morgan fingerprint density at radius 3 is 1.02 bits per heavy atom. The van der Waals surface area contributed by atoms with Crippen molar-refractivity contribution >= 4 is 79.0 Å². The molecular weight excluding hydrogens is 786 g/mol. The van der Waals surface area contributed by atoms with Gasteiger partial charge < -0.3 is 14.4 Å². The molecule has 0 unspecified atom stereocenters. The largest absolute Gasteiger partial charge is 0.310 e. The number of para-hydroxylation sites is 4. The van der Waals surface area contributed by atoms with Crippen LogP contribution in [0.3, 0.4) is 0 Å². The summed E-state index contributed by atoms with van der Waals surface area (Å²) in [5, 5.41) is 2.38. The molecule has 0 amide bonds. The van der Waals surface area contributed by atoms with Crippen LogP contribution in [0, 0.1) is 48.5 Å². The number of hydrogen-bond acceptors (Lipinski definition) is 2. The summed E-state index contributed by atoms with van der Waals surface area (Å²) in [5.74, 6) is 0. The van der Waals surface area contributed by atoms with E-state index in [4.69, 9.17) is 0 Å². The monoisotopic (exact) mass is 839 g/mol. The summed E-state index contributed by atoms with van der Waals surface area (Å²) in [7, 11) is 0. The summed E-state index contributed by atoms with van der Waals surface area (Å²) < 4.78 is 2.47. The number of aryl methyl sites for hydroxylation is 7. The smallest absolute Gasteiger partial charge is 0.242 e. The standard InChI is InChI=1S/C61H54BN3/c1-41-34-44(4)60(45(5)35-41)62(61-46(6)36-42(2)37-47(61)7)57-31-28-52(38-43(57)3)65-58-32-29-53(63(48-20-12-8-13-21-48)49-22-14-9-15-23-49)39-55(58)56-40-54(30-33-59(56)65)64(50-24-16-10-17-25-50)51-26-18-11-19-27-51/h8-40H,1-7H3. The van der Waals surface area contributed by atoms with E-state index in [9.17, 15) is 0 Å². The van der Waals surface area contributed by atoms with Crippen molar-refractivity contribution < 1.29 is 0 Å². The molecule has 10 rings (SSSR count). The lowest BCUT2D eigenvalue weighted by atomic mass is 9.33. The highest BCUT2D eigenvalue weighted by molar-refractivity contribution is 6.96. The molecule has 0 saturated carbocycles. The van der Waals surface area contributed by atoms with Crippen LogP contribution in [0.5, 0.6) is 0 Å². The molecule has 0 aliphatic rings. The molecule has 316 valence electrons. The van der Waals surface area contributed by atoms with Crippen molar-refractivity contribution in [3.05, 3.63) is 239 Å². The van der Waals surface area contributed by atoms with Crippen molar-refractivity contribution in [3.63, 3.8) is 0 Å². The van der Waals surface area contributed by atoms with Crippen LogP contribution in [-0.4, -0.2) is 11.3 Å². The van der Waals surface area contributed by atoms with E-state index in [-0.39, 0.29) is 6.71 Å². The number of aromatic nitrogens is 1. The van der Waals surface area contributed by atoms with E-state index in [1.807, 2.05) is 0 Å². The number of anilines is 6. The fraction of sp³-hybridized carbons (Fsp3) is 0.115. The van der Waals surface area contributed by atoms with Crippen molar-refractivity contribution in [1.29, 1.82) is 0 Å². The van der Waals surface area contributed by atoms with Crippen LogP contribution in [-0.2, 0) is 0 Å². The van der Waals surface area contributed by atoms with Gasteiger partial charge in [0.15, 0.2) is 0 Å². The first kappa shape index (κ1) is 41.5. The molecule has 0 atom stereocenters. The molecule has 65 heavy (non-hydrogen) atoms. The zero-order chi connectivity index (χ0) is 44.8. The molecule has 0 aliphatic heterocycles. The third-order valence-corrected chi connectivity index (χ3v) is 13.2. The fourth-order valence-electron chi connectivity index (χ4n) is 10.6.